The minimum Gasteiger partial charge on any atom is -0.298 e. The summed E-state index contributed by atoms with van der Waals surface area (Å²) in [5, 5.41) is 3.73. The van der Waals surface area contributed by atoms with Gasteiger partial charge in [-0.25, -0.2) is 9.07 Å². The van der Waals surface area contributed by atoms with Crippen LogP contribution in [0, 0.1) is 5.82 Å². The molecule has 6 heteroatoms. The van der Waals surface area contributed by atoms with Crippen molar-refractivity contribution in [3.05, 3.63) is 46.0 Å². The van der Waals surface area contributed by atoms with E-state index in [4.69, 9.17) is 23.2 Å². The summed E-state index contributed by atoms with van der Waals surface area (Å²) >= 11 is 11.5. The van der Waals surface area contributed by atoms with Crippen LogP contribution in [0.5, 0.6) is 0 Å². The second-order valence-corrected chi connectivity index (χ2v) is 3.69. The van der Waals surface area contributed by atoms with Gasteiger partial charge in [-0.3, -0.25) is 4.79 Å². The van der Waals surface area contributed by atoms with E-state index in [1.807, 2.05) is 0 Å². The van der Waals surface area contributed by atoms with Crippen molar-refractivity contribution in [2.45, 2.75) is 0 Å². The molecule has 3 nitrogen and oxygen atoms in total. The molecule has 0 spiro atoms. The third kappa shape index (κ3) is 1.70. The third-order valence-corrected chi connectivity index (χ3v) is 2.66. The molecule has 0 aliphatic rings. The number of halogens is 3. The zero-order chi connectivity index (χ0) is 11.7. The van der Waals surface area contributed by atoms with E-state index < -0.39 is 5.82 Å². The fraction of sp³-hybridized carbons (Fsp3) is 0. The Morgan fingerprint density at radius 1 is 1.31 bits per heavy atom. The lowest BCUT2D eigenvalue weighted by molar-refractivity contribution is 0.112. The highest BCUT2D eigenvalue weighted by molar-refractivity contribution is 6.37. The van der Waals surface area contributed by atoms with Crippen LogP contribution in [0.15, 0.2) is 24.3 Å². The summed E-state index contributed by atoms with van der Waals surface area (Å²) in [6.07, 6.45) is 0.481. The minimum absolute atomic E-state index is 0.00917. The molecule has 0 aliphatic carbocycles. The number of para-hydroxylation sites is 1. The van der Waals surface area contributed by atoms with Crippen LogP contribution in [-0.2, 0) is 0 Å². The van der Waals surface area contributed by atoms with Crippen LogP contribution in [0.3, 0.4) is 0 Å². The molecule has 82 valence electrons. The van der Waals surface area contributed by atoms with Gasteiger partial charge in [-0.2, -0.15) is 5.10 Å². The normalized spacial score (nSPS) is 10.4. The van der Waals surface area contributed by atoms with Crippen molar-refractivity contribution >= 4 is 29.5 Å². The van der Waals surface area contributed by atoms with E-state index in [9.17, 15) is 9.18 Å². The maximum Gasteiger partial charge on any atom is 0.163 e. The molecule has 0 saturated carbocycles. The molecule has 16 heavy (non-hydrogen) atoms. The van der Waals surface area contributed by atoms with Crippen molar-refractivity contribution in [1.29, 1.82) is 0 Å². The van der Waals surface area contributed by atoms with Crippen molar-refractivity contribution in [3.63, 3.8) is 0 Å². The second-order valence-electron chi connectivity index (χ2n) is 2.98. The van der Waals surface area contributed by atoms with Gasteiger partial charge in [-0.05, 0) is 12.1 Å². The van der Waals surface area contributed by atoms with Crippen LogP contribution in [0.4, 0.5) is 4.39 Å². The van der Waals surface area contributed by atoms with E-state index >= 15 is 0 Å². The summed E-state index contributed by atoms with van der Waals surface area (Å²) in [5.74, 6) is -0.499. The Hall–Kier alpha value is -1.39. The quantitative estimate of drug-likeness (QED) is 0.776. The lowest BCUT2D eigenvalue weighted by Crippen LogP contribution is -1.99. The van der Waals surface area contributed by atoms with Crippen LogP contribution in [-0.4, -0.2) is 16.1 Å². The summed E-state index contributed by atoms with van der Waals surface area (Å²) in [5.41, 5.74) is 0.189. The van der Waals surface area contributed by atoms with E-state index in [-0.39, 0.29) is 21.6 Å². The molecule has 1 aromatic carbocycles. The molecule has 0 N–H and O–H groups in total. The molecular formula is C10H5Cl2FN2O. The number of carbonyl (C=O) groups excluding carboxylic acids is 1. The highest BCUT2D eigenvalue weighted by Crippen LogP contribution is 2.26. The van der Waals surface area contributed by atoms with Gasteiger partial charge in [0.05, 0.1) is 5.56 Å². The lowest BCUT2D eigenvalue weighted by Gasteiger charge is -2.03. The first kappa shape index (κ1) is 11.1. The van der Waals surface area contributed by atoms with E-state index in [1.54, 1.807) is 12.1 Å². The average Bonchev–Trinajstić information content (AvgIpc) is 2.55. The number of aromatic nitrogens is 2. The monoisotopic (exact) mass is 258 g/mol. The van der Waals surface area contributed by atoms with Crippen molar-refractivity contribution in [2.24, 2.45) is 0 Å². The average molecular weight is 259 g/mol. The van der Waals surface area contributed by atoms with Gasteiger partial charge < -0.3 is 0 Å². The molecule has 0 amide bonds. The van der Waals surface area contributed by atoms with Crippen molar-refractivity contribution in [2.75, 3.05) is 0 Å². The molecule has 1 heterocycles. The Balaban J connectivity index is 2.66. The molecular weight excluding hydrogens is 254 g/mol. The molecule has 0 radical (unpaired) electrons. The Labute approximate surface area is 100 Å². The Bertz CT molecular complexity index is 554. The van der Waals surface area contributed by atoms with Crippen LogP contribution >= 0.6 is 23.2 Å². The molecule has 0 aliphatic heterocycles. The summed E-state index contributed by atoms with van der Waals surface area (Å²) in [6.45, 7) is 0. The standard InChI is InChI=1S/C10H5Cl2FN2O/c11-9-6(5-16)10(12)15(14-9)8-4-2-1-3-7(8)13/h1-5H. The summed E-state index contributed by atoms with van der Waals surface area (Å²) in [4.78, 5) is 10.7. The molecule has 0 saturated heterocycles. The molecule has 0 fully saturated rings. The number of nitrogens with zero attached hydrogens (tertiary/aromatic N) is 2. The Morgan fingerprint density at radius 2 is 2.00 bits per heavy atom. The van der Waals surface area contributed by atoms with Gasteiger partial charge in [0.25, 0.3) is 0 Å². The first-order chi connectivity index (χ1) is 7.65. The zero-order valence-corrected chi connectivity index (χ0v) is 9.34. The number of hydrogen-bond donors (Lipinski definition) is 0. The van der Waals surface area contributed by atoms with Crippen LogP contribution < -0.4 is 0 Å². The zero-order valence-electron chi connectivity index (χ0n) is 7.82. The highest BCUT2D eigenvalue weighted by Gasteiger charge is 2.17. The van der Waals surface area contributed by atoms with Crippen LogP contribution in [0.1, 0.15) is 10.4 Å². The number of aldehydes is 1. The van der Waals surface area contributed by atoms with Gasteiger partial charge in [-0.1, -0.05) is 35.3 Å². The maximum absolute atomic E-state index is 13.4. The van der Waals surface area contributed by atoms with Gasteiger partial charge in [-0.15, -0.1) is 0 Å². The van der Waals surface area contributed by atoms with Gasteiger partial charge in [0.2, 0.25) is 0 Å². The SMILES string of the molecule is O=Cc1c(Cl)nn(-c2ccccc2F)c1Cl. The summed E-state index contributed by atoms with van der Waals surface area (Å²) in [7, 11) is 0. The molecule has 0 unspecified atom stereocenters. The number of rotatable bonds is 2. The Morgan fingerprint density at radius 3 is 2.56 bits per heavy atom. The summed E-state index contributed by atoms with van der Waals surface area (Å²) in [6, 6.07) is 5.92. The van der Waals surface area contributed by atoms with Gasteiger partial charge in [0.15, 0.2) is 11.4 Å². The van der Waals surface area contributed by atoms with Crippen molar-refractivity contribution in [3.8, 4) is 5.69 Å². The van der Waals surface area contributed by atoms with Crippen LogP contribution in [0.25, 0.3) is 5.69 Å². The molecule has 0 atom stereocenters. The molecule has 2 aromatic rings. The molecule has 0 bridgehead atoms. The molecule has 2 rings (SSSR count). The first-order valence-corrected chi connectivity index (χ1v) is 5.05. The smallest absolute Gasteiger partial charge is 0.163 e. The van der Waals surface area contributed by atoms with Gasteiger partial charge in [0, 0.05) is 0 Å². The minimum atomic E-state index is -0.499. The topological polar surface area (TPSA) is 34.9 Å². The van der Waals surface area contributed by atoms with Crippen molar-refractivity contribution in [1.82, 2.24) is 9.78 Å². The number of hydrogen-bond acceptors (Lipinski definition) is 2. The fourth-order valence-corrected chi connectivity index (χ4v) is 1.79. The maximum atomic E-state index is 13.4. The largest absolute Gasteiger partial charge is 0.298 e. The third-order valence-electron chi connectivity index (χ3n) is 2.02. The number of benzene rings is 1. The first-order valence-electron chi connectivity index (χ1n) is 4.29. The highest BCUT2D eigenvalue weighted by atomic mass is 35.5. The van der Waals surface area contributed by atoms with E-state index in [1.165, 1.54) is 12.1 Å². The second kappa shape index (κ2) is 4.23. The van der Waals surface area contributed by atoms with Crippen molar-refractivity contribution < 1.29 is 9.18 Å². The van der Waals surface area contributed by atoms with Gasteiger partial charge >= 0.3 is 0 Å². The lowest BCUT2D eigenvalue weighted by atomic mass is 10.3. The summed E-state index contributed by atoms with van der Waals surface area (Å²) < 4.78 is 14.5. The van der Waals surface area contributed by atoms with Crippen LogP contribution in [0.2, 0.25) is 10.3 Å². The van der Waals surface area contributed by atoms with E-state index in [0.29, 0.717) is 6.29 Å². The Kier molecular flexibility index (Phi) is 2.94. The fourth-order valence-electron chi connectivity index (χ4n) is 1.27. The molecule has 1 aromatic heterocycles. The predicted octanol–water partition coefficient (Wildman–Crippen LogP) is 3.13. The van der Waals surface area contributed by atoms with E-state index in [2.05, 4.69) is 5.10 Å². The predicted molar refractivity (Wildman–Crippen MR) is 58.9 cm³/mol. The van der Waals surface area contributed by atoms with Gasteiger partial charge in [0.1, 0.15) is 16.7 Å². The number of carbonyl (C=O) groups is 1. The van der Waals surface area contributed by atoms with E-state index in [0.717, 1.165) is 4.68 Å².